The highest BCUT2D eigenvalue weighted by Crippen LogP contribution is 2.38. The second kappa shape index (κ2) is 4.04. The lowest BCUT2D eigenvalue weighted by atomic mass is 9.92. The highest BCUT2D eigenvalue weighted by Gasteiger charge is 2.25. The third kappa shape index (κ3) is 1.60. The lowest BCUT2D eigenvalue weighted by molar-refractivity contribution is 0.311. The summed E-state index contributed by atoms with van der Waals surface area (Å²) in [5.41, 5.74) is 7.38. The minimum atomic E-state index is 0.324. The van der Waals surface area contributed by atoms with Crippen LogP contribution < -0.4 is 5.73 Å². The standard InChI is InChI=1S/C13H17N3O/c14-8-7-12-15-10-5-2-6-11(17)13(10)16(12)9-3-1-4-9/h2,5-6,9,17H,1,3-4,7-8,14H2. The molecule has 1 saturated carbocycles. The average Bonchev–Trinajstić information content (AvgIpc) is 2.57. The number of benzene rings is 1. The van der Waals surface area contributed by atoms with Crippen molar-refractivity contribution in [1.29, 1.82) is 0 Å². The first-order valence-corrected chi connectivity index (χ1v) is 6.20. The van der Waals surface area contributed by atoms with Crippen LogP contribution in [0.5, 0.6) is 5.75 Å². The quantitative estimate of drug-likeness (QED) is 0.848. The van der Waals surface area contributed by atoms with E-state index in [0.717, 1.165) is 23.3 Å². The summed E-state index contributed by atoms with van der Waals surface area (Å²) in [4.78, 5) is 4.59. The zero-order chi connectivity index (χ0) is 11.8. The van der Waals surface area contributed by atoms with Gasteiger partial charge in [-0.1, -0.05) is 6.07 Å². The second-order valence-electron chi connectivity index (χ2n) is 4.67. The summed E-state index contributed by atoms with van der Waals surface area (Å²) in [5.74, 6) is 1.33. The van der Waals surface area contributed by atoms with Crippen molar-refractivity contribution in [1.82, 2.24) is 9.55 Å². The Morgan fingerprint density at radius 2 is 2.24 bits per heavy atom. The van der Waals surface area contributed by atoms with E-state index in [1.54, 1.807) is 6.07 Å². The Bertz CT molecular complexity index is 543. The lowest BCUT2D eigenvalue weighted by Crippen LogP contribution is -2.20. The molecule has 1 aliphatic rings. The fourth-order valence-corrected chi connectivity index (χ4v) is 2.52. The molecular formula is C13H17N3O. The molecule has 0 saturated heterocycles. The van der Waals surface area contributed by atoms with Crippen molar-refractivity contribution in [3.8, 4) is 5.75 Å². The highest BCUT2D eigenvalue weighted by molar-refractivity contribution is 5.82. The number of phenolic OH excluding ortho intramolecular Hbond substituents is 1. The molecule has 3 N–H and O–H groups in total. The van der Waals surface area contributed by atoms with Gasteiger partial charge in [0.1, 0.15) is 17.1 Å². The Labute approximate surface area is 100 Å². The molecule has 0 unspecified atom stereocenters. The largest absolute Gasteiger partial charge is 0.506 e. The van der Waals surface area contributed by atoms with Crippen molar-refractivity contribution < 1.29 is 5.11 Å². The number of fused-ring (bicyclic) bond motifs is 1. The smallest absolute Gasteiger partial charge is 0.141 e. The molecule has 0 atom stereocenters. The van der Waals surface area contributed by atoms with Crippen molar-refractivity contribution in [3.05, 3.63) is 24.0 Å². The van der Waals surface area contributed by atoms with E-state index in [-0.39, 0.29) is 0 Å². The number of hydrogen-bond donors (Lipinski definition) is 2. The van der Waals surface area contributed by atoms with Gasteiger partial charge in [-0.15, -0.1) is 0 Å². The van der Waals surface area contributed by atoms with Gasteiger partial charge in [0.15, 0.2) is 0 Å². The maximum absolute atomic E-state index is 10.0. The molecule has 3 rings (SSSR count). The molecular weight excluding hydrogens is 214 g/mol. The van der Waals surface area contributed by atoms with Gasteiger partial charge in [-0.3, -0.25) is 0 Å². The first-order chi connectivity index (χ1) is 8.31. The summed E-state index contributed by atoms with van der Waals surface area (Å²) in [6.45, 7) is 0.594. The molecule has 0 amide bonds. The maximum Gasteiger partial charge on any atom is 0.141 e. The highest BCUT2D eigenvalue weighted by atomic mass is 16.3. The normalized spacial score (nSPS) is 16.3. The number of aromatic nitrogens is 2. The van der Waals surface area contributed by atoms with Crippen LogP contribution in [0.1, 0.15) is 31.1 Å². The summed E-state index contributed by atoms with van der Waals surface area (Å²) in [5, 5.41) is 10.0. The van der Waals surface area contributed by atoms with E-state index in [4.69, 9.17) is 5.73 Å². The van der Waals surface area contributed by atoms with Gasteiger partial charge in [0.2, 0.25) is 0 Å². The molecule has 1 aromatic carbocycles. The summed E-state index contributed by atoms with van der Waals surface area (Å²) < 4.78 is 2.20. The Morgan fingerprint density at radius 1 is 1.41 bits per heavy atom. The van der Waals surface area contributed by atoms with Crippen molar-refractivity contribution in [3.63, 3.8) is 0 Å². The predicted molar refractivity (Wildman–Crippen MR) is 67.0 cm³/mol. The number of imidazole rings is 1. The third-order valence-corrected chi connectivity index (χ3v) is 3.57. The lowest BCUT2D eigenvalue weighted by Gasteiger charge is -2.29. The fourth-order valence-electron chi connectivity index (χ4n) is 2.52. The molecule has 0 aliphatic heterocycles. The molecule has 1 aliphatic carbocycles. The number of phenols is 1. The number of aromatic hydroxyl groups is 1. The number of rotatable bonds is 3. The van der Waals surface area contributed by atoms with Gasteiger partial charge in [-0.2, -0.15) is 0 Å². The monoisotopic (exact) mass is 231 g/mol. The van der Waals surface area contributed by atoms with E-state index in [1.165, 1.54) is 19.3 Å². The van der Waals surface area contributed by atoms with Crippen LogP contribution in [-0.4, -0.2) is 21.2 Å². The average molecular weight is 231 g/mol. The molecule has 17 heavy (non-hydrogen) atoms. The number of hydrogen-bond acceptors (Lipinski definition) is 3. The van der Waals surface area contributed by atoms with Gasteiger partial charge in [-0.05, 0) is 37.9 Å². The molecule has 90 valence electrons. The first kappa shape index (κ1) is 10.6. The van der Waals surface area contributed by atoms with Crippen molar-refractivity contribution >= 4 is 11.0 Å². The zero-order valence-electron chi connectivity index (χ0n) is 9.76. The minimum Gasteiger partial charge on any atom is -0.506 e. The molecule has 4 nitrogen and oxygen atoms in total. The van der Waals surface area contributed by atoms with E-state index in [2.05, 4.69) is 9.55 Å². The van der Waals surface area contributed by atoms with Crippen molar-refractivity contribution in [2.45, 2.75) is 31.7 Å². The molecule has 0 bridgehead atoms. The van der Waals surface area contributed by atoms with Crippen molar-refractivity contribution in [2.24, 2.45) is 5.73 Å². The summed E-state index contributed by atoms with van der Waals surface area (Å²) in [6, 6.07) is 6.01. The first-order valence-electron chi connectivity index (χ1n) is 6.20. The third-order valence-electron chi connectivity index (χ3n) is 3.57. The summed E-state index contributed by atoms with van der Waals surface area (Å²) >= 11 is 0. The van der Waals surface area contributed by atoms with E-state index in [1.807, 2.05) is 12.1 Å². The topological polar surface area (TPSA) is 64.1 Å². The van der Waals surface area contributed by atoms with Crippen molar-refractivity contribution in [2.75, 3.05) is 6.54 Å². The molecule has 2 aromatic rings. The number of nitrogens with zero attached hydrogens (tertiary/aromatic N) is 2. The van der Waals surface area contributed by atoms with Crippen LogP contribution in [0.4, 0.5) is 0 Å². The van der Waals surface area contributed by atoms with Crippen LogP contribution in [0.2, 0.25) is 0 Å². The van der Waals surface area contributed by atoms with Gasteiger partial charge in [-0.25, -0.2) is 4.98 Å². The number of nitrogens with two attached hydrogens (primary N) is 1. The van der Waals surface area contributed by atoms with Crippen LogP contribution in [0, 0.1) is 0 Å². The van der Waals surface area contributed by atoms with Gasteiger partial charge in [0.05, 0.1) is 5.52 Å². The zero-order valence-corrected chi connectivity index (χ0v) is 9.76. The Hall–Kier alpha value is -1.55. The van der Waals surface area contributed by atoms with Crippen LogP contribution in [0.15, 0.2) is 18.2 Å². The van der Waals surface area contributed by atoms with Gasteiger partial charge < -0.3 is 15.4 Å². The fraction of sp³-hybridized carbons (Fsp3) is 0.462. The molecule has 4 heteroatoms. The van der Waals surface area contributed by atoms with Gasteiger partial charge in [0.25, 0.3) is 0 Å². The molecule has 1 aromatic heterocycles. The number of para-hydroxylation sites is 1. The van der Waals surface area contributed by atoms with Gasteiger partial charge >= 0.3 is 0 Å². The Morgan fingerprint density at radius 3 is 2.88 bits per heavy atom. The SMILES string of the molecule is NCCc1nc2cccc(O)c2n1C1CCC1. The van der Waals surface area contributed by atoms with Crippen LogP contribution in [-0.2, 0) is 6.42 Å². The van der Waals surface area contributed by atoms with Crippen LogP contribution >= 0.6 is 0 Å². The Kier molecular flexibility index (Phi) is 2.52. The molecule has 0 radical (unpaired) electrons. The minimum absolute atomic E-state index is 0.324. The van der Waals surface area contributed by atoms with E-state index in [9.17, 15) is 5.11 Å². The molecule has 1 heterocycles. The van der Waals surface area contributed by atoms with Crippen LogP contribution in [0.25, 0.3) is 11.0 Å². The maximum atomic E-state index is 10.0. The van der Waals surface area contributed by atoms with Gasteiger partial charge in [0, 0.05) is 12.5 Å². The van der Waals surface area contributed by atoms with Crippen LogP contribution in [0.3, 0.4) is 0 Å². The second-order valence-corrected chi connectivity index (χ2v) is 4.67. The van der Waals surface area contributed by atoms with E-state index < -0.39 is 0 Å². The predicted octanol–water partition coefficient (Wildman–Crippen LogP) is 1.97. The van der Waals surface area contributed by atoms with E-state index >= 15 is 0 Å². The molecule has 1 fully saturated rings. The summed E-state index contributed by atoms with van der Waals surface area (Å²) in [7, 11) is 0. The van der Waals surface area contributed by atoms with E-state index in [0.29, 0.717) is 18.3 Å². The molecule has 0 spiro atoms. The Balaban J connectivity index is 2.21. The summed E-state index contributed by atoms with van der Waals surface area (Å²) in [6.07, 6.45) is 4.39.